The predicted molar refractivity (Wildman–Crippen MR) is 90.6 cm³/mol. The molecule has 1 aliphatic rings. The van der Waals surface area contributed by atoms with E-state index >= 15 is 0 Å². The summed E-state index contributed by atoms with van der Waals surface area (Å²) in [7, 11) is -3.34. The Morgan fingerprint density at radius 3 is 2.64 bits per heavy atom. The highest BCUT2D eigenvalue weighted by atomic mass is 32.2. The molecule has 0 bridgehead atoms. The van der Waals surface area contributed by atoms with Gasteiger partial charge in [0.25, 0.3) is 5.91 Å². The van der Waals surface area contributed by atoms with Crippen LogP contribution in [-0.2, 0) is 15.6 Å². The molecule has 0 saturated carbocycles. The summed E-state index contributed by atoms with van der Waals surface area (Å²) in [5.41, 5.74) is 1.83. The Balaban J connectivity index is 1.45. The first-order valence-electron chi connectivity index (χ1n) is 7.77. The molecule has 128 valence electrons. The summed E-state index contributed by atoms with van der Waals surface area (Å²) < 4.78 is 29.8. The number of amides is 1. The normalized spacial score (nSPS) is 15.3. The molecule has 0 unspecified atom stereocenters. The molecular weight excluding hydrogens is 342 g/mol. The van der Waals surface area contributed by atoms with Crippen molar-refractivity contribution in [2.24, 2.45) is 0 Å². The third-order valence-corrected chi connectivity index (χ3v) is 6.28. The zero-order chi connectivity index (χ0) is 17.4. The van der Waals surface area contributed by atoms with Gasteiger partial charge in [-0.3, -0.25) is 14.8 Å². The average Bonchev–Trinajstić information content (AvgIpc) is 3.04. The maximum atomic E-state index is 12.5. The molecule has 25 heavy (non-hydrogen) atoms. The number of hydrogen-bond donors (Lipinski definition) is 0. The van der Waals surface area contributed by atoms with Crippen LogP contribution in [-0.4, -0.2) is 47.5 Å². The summed E-state index contributed by atoms with van der Waals surface area (Å²) in [5, 5.41) is -0.554. The predicted octanol–water partition coefficient (Wildman–Crippen LogP) is 1.66. The summed E-state index contributed by atoms with van der Waals surface area (Å²) >= 11 is 0. The lowest BCUT2D eigenvalue weighted by molar-refractivity contribution is 0.0659. The van der Waals surface area contributed by atoms with Crippen molar-refractivity contribution in [1.82, 2.24) is 14.9 Å². The van der Waals surface area contributed by atoms with Crippen molar-refractivity contribution in [2.45, 2.75) is 11.0 Å². The zero-order valence-corrected chi connectivity index (χ0v) is 14.0. The zero-order valence-electron chi connectivity index (χ0n) is 13.2. The van der Waals surface area contributed by atoms with Crippen LogP contribution < -0.4 is 0 Å². The van der Waals surface area contributed by atoms with Crippen molar-refractivity contribution >= 4 is 26.8 Å². The van der Waals surface area contributed by atoms with Crippen molar-refractivity contribution in [3.8, 4) is 0 Å². The Hall–Kier alpha value is -2.74. The summed E-state index contributed by atoms with van der Waals surface area (Å²) in [6.45, 7) is 0.390. The number of nitrogens with zero attached hydrogens (tertiary/aromatic N) is 3. The van der Waals surface area contributed by atoms with E-state index in [9.17, 15) is 13.2 Å². The van der Waals surface area contributed by atoms with Gasteiger partial charge >= 0.3 is 0 Å². The Morgan fingerprint density at radius 2 is 1.92 bits per heavy atom. The molecule has 1 aromatic carbocycles. The Labute approximate surface area is 144 Å². The number of benzene rings is 1. The van der Waals surface area contributed by atoms with Crippen LogP contribution >= 0.6 is 0 Å². The van der Waals surface area contributed by atoms with Crippen LogP contribution in [0.5, 0.6) is 0 Å². The van der Waals surface area contributed by atoms with Crippen molar-refractivity contribution in [3.63, 3.8) is 0 Å². The third-order valence-electron chi connectivity index (χ3n) is 4.28. The summed E-state index contributed by atoms with van der Waals surface area (Å²) in [6, 6.07) is 8.39. The van der Waals surface area contributed by atoms with Crippen molar-refractivity contribution in [2.75, 3.05) is 13.1 Å². The Morgan fingerprint density at radius 1 is 1.16 bits per heavy atom. The fourth-order valence-corrected chi connectivity index (χ4v) is 4.43. The van der Waals surface area contributed by atoms with Gasteiger partial charge in [0.2, 0.25) is 0 Å². The number of aromatic nitrogens is 2. The third kappa shape index (κ3) is 3.00. The van der Waals surface area contributed by atoms with E-state index in [-0.39, 0.29) is 24.7 Å². The van der Waals surface area contributed by atoms with E-state index in [4.69, 9.17) is 4.42 Å². The number of carbonyl (C=O) groups is 1. The second-order valence-corrected chi connectivity index (χ2v) is 8.26. The SMILES string of the molecule is O=C(c1ccc2nccnc2c1)N1CC(S(=O)(=O)Cc2ccco2)C1. The molecule has 0 atom stereocenters. The number of carbonyl (C=O) groups excluding carboxylic acids is 1. The molecule has 0 N–H and O–H groups in total. The van der Waals surface area contributed by atoms with Crippen LogP contribution in [0.2, 0.25) is 0 Å². The monoisotopic (exact) mass is 357 g/mol. The molecule has 8 heteroatoms. The first kappa shape index (κ1) is 15.8. The van der Waals surface area contributed by atoms with E-state index < -0.39 is 15.1 Å². The van der Waals surface area contributed by atoms with Gasteiger partial charge in [-0.25, -0.2) is 8.42 Å². The van der Waals surface area contributed by atoms with E-state index in [2.05, 4.69) is 9.97 Å². The van der Waals surface area contributed by atoms with Crippen LogP contribution in [0.1, 0.15) is 16.1 Å². The number of fused-ring (bicyclic) bond motifs is 1. The molecule has 4 rings (SSSR count). The van der Waals surface area contributed by atoms with E-state index in [0.29, 0.717) is 22.4 Å². The topological polar surface area (TPSA) is 93.4 Å². The highest BCUT2D eigenvalue weighted by Gasteiger charge is 2.40. The molecule has 2 aromatic heterocycles. The minimum atomic E-state index is -3.34. The minimum absolute atomic E-state index is 0.141. The van der Waals surface area contributed by atoms with Gasteiger partial charge < -0.3 is 9.32 Å². The van der Waals surface area contributed by atoms with Gasteiger partial charge in [0.05, 0.1) is 22.5 Å². The fraction of sp³-hybridized carbons (Fsp3) is 0.235. The number of furan rings is 1. The molecule has 0 radical (unpaired) electrons. The standard InChI is InChI=1S/C17H15N3O4S/c21-17(12-3-4-15-16(8-12)19-6-5-18-15)20-9-14(10-20)25(22,23)11-13-2-1-7-24-13/h1-8,14H,9-11H2. The molecule has 1 saturated heterocycles. The lowest BCUT2D eigenvalue weighted by Gasteiger charge is -2.38. The molecule has 0 aliphatic carbocycles. The largest absolute Gasteiger partial charge is 0.468 e. The Bertz CT molecular complexity index is 1020. The lowest BCUT2D eigenvalue weighted by atomic mass is 10.1. The molecule has 3 heterocycles. The van der Waals surface area contributed by atoms with E-state index in [1.165, 1.54) is 11.2 Å². The summed E-state index contributed by atoms with van der Waals surface area (Å²) in [6.07, 6.45) is 4.61. The lowest BCUT2D eigenvalue weighted by Crippen LogP contribution is -2.57. The number of rotatable bonds is 4. The van der Waals surface area contributed by atoms with Crippen molar-refractivity contribution < 1.29 is 17.6 Å². The maximum Gasteiger partial charge on any atom is 0.254 e. The summed E-state index contributed by atoms with van der Waals surface area (Å²) in [5.74, 6) is 0.0769. The van der Waals surface area contributed by atoms with Crippen molar-refractivity contribution in [1.29, 1.82) is 0 Å². The average molecular weight is 357 g/mol. The van der Waals surface area contributed by atoms with Gasteiger partial charge in [-0.1, -0.05) is 0 Å². The molecule has 7 nitrogen and oxygen atoms in total. The van der Waals surface area contributed by atoms with Crippen molar-refractivity contribution in [3.05, 3.63) is 60.3 Å². The van der Waals surface area contributed by atoms with E-state index in [1.54, 1.807) is 42.7 Å². The van der Waals surface area contributed by atoms with Gasteiger partial charge in [0.1, 0.15) is 11.5 Å². The molecular formula is C17H15N3O4S. The molecule has 1 aliphatic heterocycles. The minimum Gasteiger partial charge on any atom is -0.468 e. The summed E-state index contributed by atoms with van der Waals surface area (Å²) in [4.78, 5) is 22.4. The highest BCUT2D eigenvalue weighted by Crippen LogP contribution is 2.23. The molecule has 3 aromatic rings. The van der Waals surface area contributed by atoms with Gasteiger partial charge in [-0.05, 0) is 30.3 Å². The van der Waals surface area contributed by atoms with Crippen LogP contribution in [0.15, 0.2) is 53.4 Å². The van der Waals surface area contributed by atoms with E-state index in [1.807, 2.05) is 0 Å². The second-order valence-electron chi connectivity index (χ2n) is 5.98. The number of sulfone groups is 1. The van der Waals surface area contributed by atoms with Crippen LogP contribution in [0.4, 0.5) is 0 Å². The fourth-order valence-electron chi connectivity index (χ4n) is 2.82. The van der Waals surface area contributed by atoms with E-state index in [0.717, 1.165) is 0 Å². The Kier molecular flexibility index (Phi) is 3.76. The molecule has 1 fully saturated rings. The van der Waals surface area contributed by atoms with Crippen LogP contribution in [0.25, 0.3) is 11.0 Å². The second kappa shape index (κ2) is 5.96. The van der Waals surface area contributed by atoms with Crippen LogP contribution in [0.3, 0.4) is 0 Å². The first-order valence-corrected chi connectivity index (χ1v) is 9.48. The van der Waals surface area contributed by atoms with Crippen LogP contribution in [0, 0.1) is 0 Å². The maximum absolute atomic E-state index is 12.5. The van der Waals surface area contributed by atoms with Gasteiger partial charge in [-0.15, -0.1) is 0 Å². The smallest absolute Gasteiger partial charge is 0.254 e. The number of likely N-dealkylation sites (tertiary alicyclic amines) is 1. The van der Waals surface area contributed by atoms with Gasteiger partial charge in [-0.2, -0.15) is 0 Å². The first-order chi connectivity index (χ1) is 12.0. The van der Waals surface area contributed by atoms with Gasteiger partial charge in [0, 0.05) is 31.0 Å². The van der Waals surface area contributed by atoms with Gasteiger partial charge in [0.15, 0.2) is 9.84 Å². The molecule has 1 amide bonds. The number of hydrogen-bond acceptors (Lipinski definition) is 6. The molecule has 0 spiro atoms. The quantitative estimate of drug-likeness (QED) is 0.705. The highest BCUT2D eigenvalue weighted by molar-refractivity contribution is 7.91.